The first-order valence-corrected chi connectivity index (χ1v) is 9.71. The molecule has 3 aromatic rings. The van der Waals surface area contributed by atoms with Gasteiger partial charge in [0.05, 0.1) is 12.1 Å². The number of benzene rings is 3. The Hall–Kier alpha value is -1.62. The van der Waals surface area contributed by atoms with Crippen molar-refractivity contribution >= 4 is 37.5 Å². The zero-order valence-corrected chi connectivity index (χ0v) is 16.7. The number of anilines is 1. The molecule has 0 spiro atoms. The van der Waals surface area contributed by atoms with Gasteiger partial charge in [-0.2, -0.15) is 0 Å². The van der Waals surface area contributed by atoms with Crippen LogP contribution >= 0.6 is 31.9 Å². The fraction of sp³-hybridized carbons (Fsp3) is 0.143. The van der Waals surface area contributed by atoms with Crippen molar-refractivity contribution in [1.29, 1.82) is 0 Å². The summed E-state index contributed by atoms with van der Waals surface area (Å²) in [4.78, 5) is 0. The van der Waals surface area contributed by atoms with E-state index in [2.05, 4.69) is 49.3 Å². The van der Waals surface area contributed by atoms with Gasteiger partial charge in [0.2, 0.25) is 0 Å². The van der Waals surface area contributed by atoms with Crippen LogP contribution in [0.3, 0.4) is 0 Å². The third-order valence-corrected chi connectivity index (χ3v) is 5.16. The highest BCUT2D eigenvalue weighted by molar-refractivity contribution is 9.10. The van der Waals surface area contributed by atoms with Gasteiger partial charge < -0.3 is 10.4 Å². The van der Waals surface area contributed by atoms with Crippen LogP contribution in [0, 0.1) is 0 Å². The Morgan fingerprint density at radius 3 is 1.80 bits per heavy atom. The van der Waals surface area contributed by atoms with Crippen LogP contribution in [-0.4, -0.2) is 5.11 Å². The average Bonchev–Trinajstić information content (AvgIpc) is 2.63. The zero-order valence-electron chi connectivity index (χ0n) is 13.6. The number of aliphatic hydroxyl groups is 1. The van der Waals surface area contributed by atoms with Gasteiger partial charge in [0.15, 0.2) is 0 Å². The van der Waals surface area contributed by atoms with Crippen molar-refractivity contribution < 1.29 is 5.11 Å². The van der Waals surface area contributed by atoms with E-state index >= 15 is 0 Å². The summed E-state index contributed by atoms with van der Waals surface area (Å²) in [6.45, 7) is 0. The van der Waals surface area contributed by atoms with E-state index in [0.717, 1.165) is 25.8 Å². The lowest BCUT2D eigenvalue weighted by atomic mass is 9.96. The van der Waals surface area contributed by atoms with Gasteiger partial charge in [0, 0.05) is 21.1 Å². The predicted molar refractivity (Wildman–Crippen MR) is 111 cm³/mol. The zero-order chi connectivity index (χ0) is 17.6. The summed E-state index contributed by atoms with van der Waals surface area (Å²) >= 11 is 6.92. The second kappa shape index (κ2) is 8.65. The molecule has 0 aliphatic heterocycles. The van der Waals surface area contributed by atoms with Crippen LogP contribution in [0.1, 0.15) is 29.7 Å². The maximum absolute atomic E-state index is 10.7. The van der Waals surface area contributed by atoms with Crippen LogP contribution in [0.5, 0.6) is 0 Å². The van der Waals surface area contributed by atoms with E-state index in [-0.39, 0.29) is 6.04 Å². The first-order chi connectivity index (χ1) is 12.1. The van der Waals surface area contributed by atoms with Crippen molar-refractivity contribution in [3.05, 3.63) is 98.9 Å². The molecule has 3 aromatic carbocycles. The molecule has 0 saturated carbocycles. The minimum Gasteiger partial charge on any atom is -0.388 e. The molecular formula is C21H19Br2NO. The molecule has 2 nitrogen and oxygen atoms in total. The molecule has 0 aromatic heterocycles. The van der Waals surface area contributed by atoms with Gasteiger partial charge in [-0.15, -0.1) is 0 Å². The van der Waals surface area contributed by atoms with Crippen molar-refractivity contribution in [2.24, 2.45) is 0 Å². The Labute approximate surface area is 165 Å². The van der Waals surface area contributed by atoms with Gasteiger partial charge in [-0.1, -0.05) is 74.3 Å². The van der Waals surface area contributed by atoms with Crippen LogP contribution in [0.15, 0.2) is 87.8 Å². The lowest BCUT2D eigenvalue weighted by Crippen LogP contribution is -2.14. The fourth-order valence-electron chi connectivity index (χ4n) is 2.75. The molecule has 4 heteroatoms. The summed E-state index contributed by atoms with van der Waals surface area (Å²) in [7, 11) is 0. The summed E-state index contributed by atoms with van der Waals surface area (Å²) in [6.07, 6.45) is 0.0380. The summed E-state index contributed by atoms with van der Waals surface area (Å²) in [5.41, 5.74) is 3.10. The average molecular weight is 461 g/mol. The lowest BCUT2D eigenvalue weighted by molar-refractivity contribution is 0.160. The van der Waals surface area contributed by atoms with E-state index < -0.39 is 6.10 Å². The summed E-state index contributed by atoms with van der Waals surface area (Å²) in [6, 6.07) is 26.1. The number of hydrogen-bond donors (Lipinski definition) is 2. The molecule has 0 amide bonds. The van der Waals surface area contributed by atoms with E-state index in [1.54, 1.807) is 0 Å². The maximum atomic E-state index is 10.7. The number of nitrogens with one attached hydrogen (secondary N) is 1. The van der Waals surface area contributed by atoms with Crippen LogP contribution in [0.4, 0.5) is 5.69 Å². The highest BCUT2D eigenvalue weighted by Crippen LogP contribution is 2.31. The molecule has 2 atom stereocenters. The van der Waals surface area contributed by atoms with E-state index in [1.807, 2.05) is 66.7 Å². The third-order valence-electron chi connectivity index (χ3n) is 4.10. The molecule has 0 bridgehead atoms. The Bertz CT molecular complexity index is 788. The number of hydrogen-bond acceptors (Lipinski definition) is 2. The Balaban J connectivity index is 1.82. The minimum absolute atomic E-state index is 0.00847. The summed E-state index contributed by atoms with van der Waals surface area (Å²) < 4.78 is 2.05. The largest absolute Gasteiger partial charge is 0.388 e. The number of para-hydroxylation sites is 1. The van der Waals surface area contributed by atoms with E-state index in [4.69, 9.17) is 0 Å². The van der Waals surface area contributed by atoms with Crippen molar-refractivity contribution in [3.63, 3.8) is 0 Å². The van der Waals surface area contributed by atoms with Crippen LogP contribution in [0.25, 0.3) is 0 Å². The van der Waals surface area contributed by atoms with Crippen LogP contribution in [-0.2, 0) is 0 Å². The quantitative estimate of drug-likeness (QED) is 0.440. The van der Waals surface area contributed by atoms with Gasteiger partial charge in [-0.25, -0.2) is 0 Å². The molecule has 0 fully saturated rings. The van der Waals surface area contributed by atoms with E-state index in [1.165, 1.54) is 0 Å². The first kappa shape index (κ1) is 18.2. The molecule has 0 radical (unpaired) electrons. The van der Waals surface area contributed by atoms with Crippen LogP contribution in [0.2, 0.25) is 0 Å². The third kappa shape index (κ3) is 5.18. The molecule has 0 aliphatic rings. The monoisotopic (exact) mass is 459 g/mol. The predicted octanol–water partition coefficient (Wildman–Crippen LogP) is 6.49. The normalized spacial score (nSPS) is 13.2. The fourth-order valence-corrected chi connectivity index (χ4v) is 3.28. The second-order valence-corrected chi connectivity index (χ2v) is 7.75. The molecule has 3 rings (SSSR count). The SMILES string of the molecule is OC(CC(Nc1ccccc1)c1ccc(Br)cc1)c1ccc(Br)cc1. The topological polar surface area (TPSA) is 32.3 Å². The van der Waals surface area contributed by atoms with Crippen LogP contribution < -0.4 is 5.32 Å². The van der Waals surface area contributed by atoms with Gasteiger partial charge in [0.1, 0.15) is 0 Å². The van der Waals surface area contributed by atoms with Crippen molar-refractivity contribution in [2.75, 3.05) is 5.32 Å². The van der Waals surface area contributed by atoms with Gasteiger partial charge >= 0.3 is 0 Å². The minimum atomic E-state index is -0.544. The van der Waals surface area contributed by atoms with Crippen molar-refractivity contribution in [1.82, 2.24) is 0 Å². The molecular weight excluding hydrogens is 442 g/mol. The van der Waals surface area contributed by atoms with Crippen molar-refractivity contribution in [3.8, 4) is 0 Å². The second-order valence-electron chi connectivity index (χ2n) is 5.92. The Morgan fingerprint density at radius 2 is 1.24 bits per heavy atom. The molecule has 0 heterocycles. The van der Waals surface area contributed by atoms with E-state index in [9.17, 15) is 5.11 Å². The molecule has 0 aliphatic carbocycles. The molecule has 25 heavy (non-hydrogen) atoms. The van der Waals surface area contributed by atoms with E-state index in [0.29, 0.717) is 6.42 Å². The summed E-state index contributed by atoms with van der Waals surface area (Å²) in [5, 5.41) is 14.3. The standard InChI is InChI=1S/C21H19Br2NO/c22-17-10-6-15(7-11-17)20(24-19-4-2-1-3-5-19)14-21(25)16-8-12-18(23)13-9-16/h1-13,20-21,24-25H,14H2. The number of halogens is 2. The number of aliphatic hydroxyl groups excluding tert-OH is 1. The molecule has 2 unspecified atom stereocenters. The Morgan fingerprint density at radius 1 is 0.720 bits per heavy atom. The first-order valence-electron chi connectivity index (χ1n) is 8.12. The maximum Gasteiger partial charge on any atom is 0.0813 e. The van der Waals surface area contributed by atoms with Gasteiger partial charge in [-0.05, 0) is 47.5 Å². The lowest BCUT2D eigenvalue weighted by Gasteiger charge is -2.24. The highest BCUT2D eigenvalue weighted by Gasteiger charge is 2.18. The van der Waals surface area contributed by atoms with Gasteiger partial charge in [0.25, 0.3) is 0 Å². The molecule has 128 valence electrons. The number of rotatable bonds is 6. The highest BCUT2D eigenvalue weighted by atomic mass is 79.9. The van der Waals surface area contributed by atoms with Crippen molar-refractivity contribution in [2.45, 2.75) is 18.6 Å². The molecule has 2 N–H and O–H groups in total. The smallest absolute Gasteiger partial charge is 0.0813 e. The van der Waals surface area contributed by atoms with Gasteiger partial charge in [-0.3, -0.25) is 0 Å². The Kier molecular flexibility index (Phi) is 6.29. The molecule has 0 saturated heterocycles. The summed E-state index contributed by atoms with van der Waals surface area (Å²) in [5.74, 6) is 0.